The summed E-state index contributed by atoms with van der Waals surface area (Å²) in [5.74, 6) is 1.85. The molecule has 0 bridgehead atoms. The number of piperidine rings is 1. The van der Waals surface area contributed by atoms with Crippen LogP contribution in [0.1, 0.15) is 42.3 Å². The first-order valence-electron chi connectivity index (χ1n) is 8.01. The molecule has 6 heteroatoms. The van der Waals surface area contributed by atoms with E-state index in [0.717, 1.165) is 42.7 Å². The van der Waals surface area contributed by atoms with Crippen molar-refractivity contribution < 1.29 is 0 Å². The number of hydrogen-bond acceptors (Lipinski definition) is 5. The van der Waals surface area contributed by atoms with Gasteiger partial charge in [0.15, 0.2) is 0 Å². The van der Waals surface area contributed by atoms with E-state index in [9.17, 15) is 0 Å². The van der Waals surface area contributed by atoms with Gasteiger partial charge in [0.25, 0.3) is 0 Å². The maximum Gasteiger partial charge on any atom is 0.147 e. The summed E-state index contributed by atoms with van der Waals surface area (Å²) in [6, 6.07) is 0.497. The fourth-order valence-electron chi connectivity index (χ4n) is 3.12. The summed E-state index contributed by atoms with van der Waals surface area (Å²) in [4.78, 5) is 15.8. The Kier molecular flexibility index (Phi) is 4.47. The average Bonchev–Trinajstić information content (AvgIpc) is 2.81. The second kappa shape index (κ2) is 6.52. The monoisotopic (exact) mass is 300 g/mol. The Morgan fingerprint density at radius 1 is 1.14 bits per heavy atom. The number of nitrogens with zero attached hydrogens (tertiary/aromatic N) is 6. The lowest BCUT2D eigenvalue weighted by Crippen LogP contribution is -2.42. The number of rotatable bonds is 4. The van der Waals surface area contributed by atoms with Crippen molar-refractivity contribution in [2.45, 2.75) is 59.2 Å². The Morgan fingerprint density at radius 2 is 2.00 bits per heavy atom. The highest BCUT2D eigenvalue weighted by atomic mass is 15.4. The number of aromatic nitrogens is 5. The van der Waals surface area contributed by atoms with Crippen LogP contribution in [0.15, 0.2) is 12.4 Å². The molecule has 3 heterocycles. The molecule has 3 rings (SSSR count). The summed E-state index contributed by atoms with van der Waals surface area (Å²) in [5.41, 5.74) is 2.01. The molecule has 1 atom stereocenters. The maximum atomic E-state index is 4.51. The molecule has 1 aliphatic rings. The number of likely N-dealkylation sites (tertiary alicyclic amines) is 1. The van der Waals surface area contributed by atoms with Gasteiger partial charge in [-0.05, 0) is 40.2 Å². The molecular weight excluding hydrogens is 276 g/mol. The van der Waals surface area contributed by atoms with E-state index < -0.39 is 0 Å². The summed E-state index contributed by atoms with van der Waals surface area (Å²) in [6.07, 6.45) is 7.49. The summed E-state index contributed by atoms with van der Waals surface area (Å²) in [5, 5.41) is 4.51. The molecule has 6 nitrogen and oxygen atoms in total. The van der Waals surface area contributed by atoms with Crippen molar-refractivity contribution in [3.63, 3.8) is 0 Å². The van der Waals surface area contributed by atoms with Crippen molar-refractivity contribution in [2.75, 3.05) is 6.54 Å². The molecule has 118 valence electrons. The number of hydrogen-bond donors (Lipinski definition) is 0. The molecule has 0 saturated carbocycles. The van der Waals surface area contributed by atoms with Gasteiger partial charge in [0.2, 0.25) is 0 Å². The lowest BCUT2D eigenvalue weighted by molar-refractivity contribution is 0.119. The van der Waals surface area contributed by atoms with Crippen molar-refractivity contribution in [3.05, 3.63) is 35.4 Å². The average molecular weight is 300 g/mol. The quantitative estimate of drug-likeness (QED) is 0.865. The van der Waals surface area contributed by atoms with E-state index in [-0.39, 0.29) is 0 Å². The highest BCUT2D eigenvalue weighted by molar-refractivity contribution is 5.01. The SMILES string of the molecule is Cc1cnc(CN2CCCCC2Cn2nc(C)nc2C)cn1. The van der Waals surface area contributed by atoms with Crippen LogP contribution in [0.3, 0.4) is 0 Å². The first-order chi connectivity index (χ1) is 10.6. The molecule has 1 unspecified atom stereocenters. The summed E-state index contributed by atoms with van der Waals surface area (Å²) in [7, 11) is 0. The van der Waals surface area contributed by atoms with Crippen LogP contribution in [-0.2, 0) is 13.1 Å². The van der Waals surface area contributed by atoms with Gasteiger partial charge in [0, 0.05) is 25.0 Å². The Hall–Kier alpha value is -1.82. The summed E-state index contributed by atoms with van der Waals surface area (Å²) in [6.45, 7) is 8.84. The first-order valence-corrected chi connectivity index (χ1v) is 8.01. The third-order valence-corrected chi connectivity index (χ3v) is 4.29. The molecule has 0 aromatic carbocycles. The van der Waals surface area contributed by atoms with Crippen molar-refractivity contribution in [1.82, 2.24) is 29.6 Å². The molecule has 0 spiro atoms. The predicted molar refractivity (Wildman–Crippen MR) is 84.3 cm³/mol. The van der Waals surface area contributed by atoms with Crippen LogP contribution in [-0.4, -0.2) is 42.2 Å². The zero-order chi connectivity index (χ0) is 15.5. The smallest absolute Gasteiger partial charge is 0.147 e. The molecule has 2 aromatic rings. The van der Waals surface area contributed by atoms with E-state index in [4.69, 9.17) is 0 Å². The van der Waals surface area contributed by atoms with Crippen LogP contribution < -0.4 is 0 Å². The van der Waals surface area contributed by atoms with Crippen LogP contribution in [0, 0.1) is 20.8 Å². The van der Waals surface area contributed by atoms with Crippen molar-refractivity contribution >= 4 is 0 Å². The highest BCUT2D eigenvalue weighted by Crippen LogP contribution is 2.20. The van der Waals surface area contributed by atoms with Gasteiger partial charge in [-0.3, -0.25) is 14.9 Å². The minimum Gasteiger partial charge on any atom is -0.293 e. The molecule has 0 aliphatic carbocycles. The van der Waals surface area contributed by atoms with Crippen molar-refractivity contribution in [1.29, 1.82) is 0 Å². The maximum absolute atomic E-state index is 4.51. The van der Waals surface area contributed by atoms with E-state index in [0.29, 0.717) is 6.04 Å². The topological polar surface area (TPSA) is 59.7 Å². The van der Waals surface area contributed by atoms with Crippen molar-refractivity contribution in [3.8, 4) is 0 Å². The van der Waals surface area contributed by atoms with Crippen LogP contribution in [0.4, 0.5) is 0 Å². The van der Waals surface area contributed by atoms with Gasteiger partial charge in [-0.25, -0.2) is 9.67 Å². The zero-order valence-corrected chi connectivity index (χ0v) is 13.7. The molecule has 0 amide bonds. The zero-order valence-electron chi connectivity index (χ0n) is 13.7. The molecule has 1 fully saturated rings. The molecule has 0 N–H and O–H groups in total. The standard InChI is InChI=1S/C16H24N6/c1-12-8-18-15(9-17-12)10-21-7-5-4-6-16(21)11-22-14(3)19-13(2)20-22/h8-9,16H,4-7,10-11H2,1-3H3. The van der Waals surface area contributed by atoms with Crippen LogP contribution in [0.25, 0.3) is 0 Å². The Balaban J connectivity index is 1.70. The van der Waals surface area contributed by atoms with Crippen molar-refractivity contribution in [2.24, 2.45) is 0 Å². The molecule has 22 heavy (non-hydrogen) atoms. The molecular formula is C16H24N6. The third kappa shape index (κ3) is 3.50. The second-order valence-corrected chi connectivity index (χ2v) is 6.16. The normalized spacial score (nSPS) is 19.5. The van der Waals surface area contributed by atoms with Crippen LogP contribution in [0.5, 0.6) is 0 Å². The van der Waals surface area contributed by atoms with Gasteiger partial charge in [0.1, 0.15) is 11.6 Å². The lowest BCUT2D eigenvalue weighted by atomic mass is 10.0. The second-order valence-electron chi connectivity index (χ2n) is 6.16. The van der Waals surface area contributed by atoms with Gasteiger partial charge < -0.3 is 0 Å². The van der Waals surface area contributed by atoms with E-state index in [1.54, 1.807) is 0 Å². The van der Waals surface area contributed by atoms with Crippen LogP contribution >= 0.6 is 0 Å². The van der Waals surface area contributed by atoms with E-state index in [1.165, 1.54) is 19.3 Å². The third-order valence-electron chi connectivity index (χ3n) is 4.29. The fraction of sp³-hybridized carbons (Fsp3) is 0.625. The molecule has 1 saturated heterocycles. The summed E-state index contributed by atoms with van der Waals surface area (Å²) < 4.78 is 2.04. The summed E-state index contributed by atoms with van der Waals surface area (Å²) >= 11 is 0. The number of aryl methyl sites for hydroxylation is 3. The van der Waals surface area contributed by atoms with E-state index in [1.807, 2.05) is 37.8 Å². The molecule has 2 aromatic heterocycles. The largest absolute Gasteiger partial charge is 0.293 e. The highest BCUT2D eigenvalue weighted by Gasteiger charge is 2.24. The Morgan fingerprint density at radius 3 is 2.68 bits per heavy atom. The first kappa shape index (κ1) is 15.1. The van der Waals surface area contributed by atoms with E-state index >= 15 is 0 Å². The molecule has 0 radical (unpaired) electrons. The Bertz CT molecular complexity index is 618. The molecule has 1 aliphatic heterocycles. The van der Waals surface area contributed by atoms with E-state index in [2.05, 4.69) is 25.0 Å². The Labute approximate surface area is 131 Å². The predicted octanol–water partition coefficient (Wildman–Crippen LogP) is 2.05. The van der Waals surface area contributed by atoms with Gasteiger partial charge in [-0.1, -0.05) is 6.42 Å². The van der Waals surface area contributed by atoms with Gasteiger partial charge in [0.05, 0.1) is 17.9 Å². The van der Waals surface area contributed by atoms with Gasteiger partial charge >= 0.3 is 0 Å². The minimum absolute atomic E-state index is 0.497. The van der Waals surface area contributed by atoms with Gasteiger partial charge in [-0.2, -0.15) is 5.10 Å². The minimum atomic E-state index is 0.497. The fourth-order valence-corrected chi connectivity index (χ4v) is 3.12. The van der Waals surface area contributed by atoms with Crippen LogP contribution in [0.2, 0.25) is 0 Å². The van der Waals surface area contributed by atoms with Gasteiger partial charge in [-0.15, -0.1) is 0 Å². The lowest BCUT2D eigenvalue weighted by Gasteiger charge is -2.35.